The number of aromatic nitrogens is 1. The molecule has 0 N–H and O–H groups in total. The van der Waals surface area contributed by atoms with Crippen molar-refractivity contribution in [3.63, 3.8) is 0 Å². The zero-order chi connectivity index (χ0) is 42.8. The smallest absolute Gasteiger partial charge is 0.143 e. The van der Waals surface area contributed by atoms with Crippen LogP contribution in [0.2, 0.25) is 0 Å². The molecule has 0 saturated heterocycles. The molecule has 0 amide bonds. The highest BCUT2D eigenvalue weighted by molar-refractivity contribution is 6.16. The maximum absolute atomic E-state index is 6.52. The Kier molecular flexibility index (Phi) is 8.53. The summed E-state index contributed by atoms with van der Waals surface area (Å²) in [6.07, 6.45) is 0. The third kappa shape index (κ3) is 5.90. The number of benzene rings is 11. The Labute approximate surface area is 376 Å². The molecule has 0 aliphatic heterocycles. The molecule has 3 heteroatoms. The molecular weight excluding hydrogens is 789 g/mol. The first-order chi connectivity index (χ1) is 32.3. The lowest BCUT2D eigenvalue weighted by molar-refractivity contribution is 0.670. The van der Waals surface area contributed by atoms with E-state index in [0.29, 0.717) is 0 Å². The Morgan fingerprint density at radius 3 is 1.60 bits per heavy atom. The van der Waals surface area contributed by atoms with Crippen molar-refractivity contribution in [2.24, 2.45) is 0 Å². The van der Waals surface area contributed by atoms with E-state index in [-0.39, 0.29) is 0 Å². The number of para-hydroxylation sites is 6. The fourth-order valence-electron chi connectivity index (χ4n) is 10.3. The van der Waals surface area contributed by atoms with Gasteiger partial charge in [-0.3, -0.25) is 0 Å². The van der Waals surface area contributed by atoms with Crippen LogP contribution >= 0.6 is 0 Å². The Morgan fingerprint density at radius 2 is 0.846 bits per heavy atom. The zero-order valence-electron chi connectivity index (χ0n) is 35.4. The molecule has 11 aromatic carbocycles. The molecule has 13 aromatic rings. The minimum Gasteiger partial charge on any atom is -0.455 e. The van der Waals surface area contributed by atoms with Crippen LogP contribution < -0.4 is 4.90 Å². The number of anilines is 3. The molecule has 65 heavy (non-hydrogen) atoms. The molecule has 0 radical (unpaired) electrons. The topological polar surface area (TPSA) is 21.3 Å². The Hall–Kier alpha value is -8.66. The molecule has 0 fully saturated rings. The molecule has 2 heterocycles. The number of hydrogen-bond acceptors (Lipinski definition) is 2. The first-order valence-electron chi connectivity index (χ1n) is 22.3. The van der Waals surface area contributed by atoms with Gasteiger partial charge in [-0.2, -0.15) is 0 Å². The Balaban J connectivity index is 1.03. The fraction of sp³-hybridized carbons (Fsp3) is 0. The van der Waals surface area contributed by atoms with E-state index in [1.807, 2.05) is 12.1 Å². The van der Waals surface area contributed by atoms with Crippen LogP contribution in [0.1, 0.15) is 0 Å². The highest BCUT2D eigenvalue weighted by Crippen LogP contribution is 2.48. The summed E-state index contributed by atoms with van der Waals surface area (Å²) < 4.78 is 8.95. The molecule has 0 spiro atoms. The van der Waals surface area contributed by atoms with Crippen molar-refractivity contribution in [1.82, 2.24) is 4.57 Å². The van der Waals surface area contributed by atoms with Crippen molar-refractivity contribution >= 4 is 82.4 Å². The van der Waals surface area contributed by atoms with Crippen LogP contribution in [0.4, 0.5) is 17.1 Å². The quantitative estimate of drug-likeness (QED) is 0.149. The van der Waals surface area contributed by atoms with Gasteiger partial charge in [0, 0.05) is 49.3 Å². The lowest BCUT2D eigenvalue weighted by Gasteiger charge is -2.30. The van der Waals surface area contributed by atoms with Crippen LogP contribution in [0.15, 0.2) is 247 Å². The summed E-state index contributed by atoms with van der Waals surface area (Å²) in [5, 5.41) is 9.58. The molecule has 0 aliphatic rings. The normalized spacial score (nSPS) is 11.7. The molecule has 0 aliphatic carbocycles. The number of nitrogens with zero attached hydrogens (tertiary/aromatic N) is 2. The highest BCUT2D eigenvalue weighted by Gasteiger charge is 2.24. The summed E-state index contributed by atoms with van der Waals surface area (Å²) >= 11 is 0. The molecule has 2 aromatic heterocycles. The van der Waals surface area contributed by atoms with E-state index in [4.69, 9.17) is 4.42 Å². The first-order valence-corrected chi connectivity index (χ1v) is 22.3. The largest absolute Gasteiger partial charge is 0.455 e. The minimum atomic E-state index is 0.899. The number of rotatable bonds is 7. The summed E-state index contributed by atoms with van der Waals surface area (Å²) in [6, 6.07) is 87.8. The Morgan fingerprint density at radius 1 is 0.323 bits per heavy atom. The predicted molar refractivity (Wildman–Crippen MR) is 274 cm³/mol. The van der Waals surface area contributed by atoms with Crippen LogP contribution in [0.5, 0.6) is 0 Å². The van der Waals surface area contributed by atoms with E-state index in [2.05, 4.69) is 240 Å². The van der Waals surface area contributed by atoms with Crippen molar-refractivity contribution in [3.8, 4) is 39.1 Å². The van der Waals surface area contributed by atoms with Gasteiger partial charge < -0.3 is 13.9 Å². The molecule has 0 unspecified atom stereocenters. The van der Waals surface area contributed by atoms with Gasteiger partial charge in [-0.25, -0.2) is 0 Å². The molecule has 3 nitrogen and oxygen atoms in total. The predicted octanol–water partition coefficient (Wildman–Crippen LogP) is 17.5. The van der Waals surface area contributed by atoms with Gasteiger partial charge >= 0.3 is 0 Å². The highest BCUT2D eigenvalue weighted by atomic mass is 16.3. The summed E-state index contributed by atoms with van der Waals surface area (Å²) in [6.45, 7) is 0. The van der Waals surface area contributed by atoms with Gasteiger partial charge in [-0.05, 0) is 81.4 Å². The van der Waals surface area contributed by atoms with E-state index >= 15 is 0 Å². The van der Waals surface area contributed by atoms with E-state index in [1.54, 1.807) is 0 Å². The third-order valence-corrected chi connectivity index (χ3v) is 13.2. The molecule has 0 atom stereocenters. The van der Waals surface area contributed by atoms with Gasteiger partial charge in [-0.15, -0.1) is 0 Å². The van der Waals surface area contributed by atoms with Crippen molar-refractivity contribution in [2.45, 2.75) is 0 Å². The summed E-state index contributed by atoms with van der Waals surface area (Å²) in [5.41, 5.74) is 15.4. The molecule has 304 valence electrons. The first kappa shape index (κ1) is 36.9. The summed E-state index contributed by atoms with van der Waals surface area (Å²) in [5.74, 6) is 0. The third-order valence-electron chi connectivity index (χ3n) is 13.2. The van der Waals surface area contributed by atoms with Gasteiger partial charge in [0.05, 0.1) is 28.1 Å². The SMILES string of the molecule is c1ccc(-c2ccccc2-n2c3ccccc3c3ccccc32)c(-c2ccccc2N(c2ccc(-c3cccc4c3oc3ccccc34)cc2)c2cc3ccccc3c3ccccc23)c1. The van der Waals surface area contributed by atoms with Crippen LogP contribution in [-0.2, 0) is 0 Å². The number of fused-ring (bicyclic) bond motifs is 9. The molecular formula is C62H40N2O. The molecule has 0 saturated carbocycles. The molecule has 13 rings (SSSR count). The van der Waals surface area contributed by atoms with Crippen LogP contribution in [0.25, 0.3) is 104 Å². The van der Waals surface area contributed by atoms with Crippen molar-refractivity contribution in [3.05, 3.63) is 243 Å². The lowest BCUT2D eigenvalue weighted by atomic mass is 9.91. The van der Waals surface area contributed by atoms with E-state index in [9.17, 15) is 0 Å². The Bertz CT molecular complexity index is 3910. The van der Waals surface area contributed by atoms with Gasteiger partial charge in [0.15, 0.2) is 0 Å². The number of hydrogen-bond donors (Lipinski definition) is 0. The second kappa shape index (κ2) is 15.0. The van der Waals surface area contributed by atoms with Crippen molar-refractivity contribution in [1.29, 1.82) is 0 Å². The van der Waals surface area contributed by atoms with Crippen LogP contribution in [-0.4, -0.2) is 4.57 Å². The minimum absolute atomic E-state index is 0.899. The van der Waals surface area contributed by atoms with Gasteiger partial charge in [-0.1, -0.05) is 194 Å². The van der Waals surface area contributed by atoms with Crippen molar-refractivity contribution < 1.29 is 4.42 Å². The average molecular weight is 829 g/mol. The maximum Gasteiger partial charge on any atom is 0.143 e. The second-order valence-electron chi connectivity index (χ2n) is 16.8. The van der Waals surface area contributed by atoms with Crippen LogP contribution in [0, 0.1) is 0 Å². The van der Waals surface area contributed by atoms with E-state index in [0.717, 1.165) is 78.1 Å². The van der Waals surface area contributed by atoms with Crippen LogP contribution in [0.3, 0.4) is 0 Å². The van der Waals surface area contributed by atoms with E-state index < -0.39 is 0 Å². The van der Waals surface area contributed by atoms with Gasteiger partial charge in [0.25, 0.3) is 0 Å². The zero-order valence-corrected chi connectivity index (χ0v) is 35.4. The van der Waals surface area contributed by atoms with E-state index in [1.165, 1.54) is 43.4 Å². The second-order valence-corrected chi connectivity index (χ2v) is 16.8. The van der Waals surface area contributed by atoms with Gasteiger partial charge in [0.2, 0.25) is 0 Å². The molecule has 0 bridgehead atoms. The maximum atomic E-state index is 6.52. The summed E-state index contributed by atoms with van der Waals surface area (Å²) in [7, 11) is 0. The summed E-state index contributed by atoms with van der Waals surface area (Å²) in [4.78, 5) is 2.46. The standard InChI is InChI=1S/C62H40N2O/c1-2-19-44-42(18-1)40-60(51-25-6-5-20-46(44)51)63(43-38-36-41(37-39-43)45-29-17-30-55-54-28-11-16-35-61(54)65-62(45)55)56-31-12-7-23-49(56)47-21-3-4-22-48(47)50-24-8-13-32-57(50)64-58-33-14-9-26-52(58)53-27-10-15-34-59(53)64/h1-40H. The average Bonchev–Trinajstić information content (AvgIpc) is 3.93. The monoisotopic (exact) mass is 828 g/mol. The fourth-order valence-corrected chi connectivity index (χ4v) is 10.3. The lowest BCUT2D eigenvalue weighted by Crippen LogP contribution is -2.12. The van der Waals surface area contributed by atoms with Crippen molar-refractivity contribution in [2.75, 3.05) is 4.90 Å². The van der Waals surface area contributed by atoms with Gasteiger partial charge in [0.1, 0.15) is 11.2 Å². The number of furan rings is 1.